The van der Waals surface area contributed by atoms with Gasteiger partial charge in [0.05, 0.1) is 17.1 Å². The molecule has 0 fully saturated rings. The van der Waals surface area contributed by atoms with Crippen LogP contribution in [0.1, 0.15) is 23.9 Å². The normalized spacial score (nSPS) is 12.7. The molecular formula is C17H18N2O. The van der Waals surface area contributed by atoms with Gasteiger partial charge in [-0.25, -0.2) is 4.98 Å². The molecule has 0 spiro atoms. The molecule has 102 valence electrons. The molecule has 3 rings (SSSR count). The predicted octanol–water partition coefficient (Wildman–Crippen LogP) is 3.47. The lowest BCUT2D eigenvalue weighted by Crippen LogP contribution is -2.06. The molecule has 0 unspecified atom stereocenters. The second kappa shape index (κ2) is 5.47. The Morgan fingerprint density at radius 2 is 1.75 bits per heavy atom. The number of para-hydroxylation sites is 2. The summed E-state index contributed by atoms with van der Waals surface area (Å²) in [6.45, 7) is 2.78. The summed E-state index contributed by atoms with van der Waals surface area (Å²) in [4.78, 5) is 4.55. The lowest BCUT2D eigenvalue weighted by Gasteiger charge is -2.12. The van der Waals surface area contributed by atoms with Gasteiger partial charge in [-0.05, 0) is 31.0 Å². The standard InChI is InChI=1S/C17H18N2O/c1-13-18-15-9-5-6-10-16(15)19(13)12-11-17(20)14-7-3-2-4-8-14/h2-10,17,20H,11-12H2,1H3/t17-/m0/s1. The molecule has 3 aromatic rings. The molecule has 3 nitrogen and oxygen atoms in total. The van der Waals surface area contributed by atoms with Crippen LogP contribution in [0, 0.1) is 6.92 Å². The van der Waals surface area contributed by atoms with Gasteiger partial charge in [-0.3, -0.25) is 0 Å². The Morgan fingerprint density at radius 3 is 2.55 bits per heavy atom. The van der Waals surface area contributed by atoms with Gasteiger partial charge in [0.2, 0.25) is 0 Å². The molecule has 20 heavy (non-hydrogen) atoms. The minimum atomic E-state index is -0.434. The molecule has 0 aliphatic heterocycles. The monoisotopic (exact) mass is 266 g/mol. The van der Waals surface area contributed by atoms with Gasteiger partial charge in [-0.15, -0.1) is 0 Å². The molecule has 0 bridgehead atoms. The summed E-state index contributed by atoms with van der Waals surface area (Å²) >= 11 is 0. The first kappa shape index (κ1) is 12.9. The van der Waals surface area contributed by atoms with E-state index < -0.39 is 6.10 Å². The van der Waals surface area contributed by atoms with E-state index in [4.69, 9.17) is 0 Å². The average Bonchev–Trinajstić information content (AvgIpc) is 2.81. The predicted molar refractivity (Wildman–Crippen MR) is 80.5 cm³/mol. The van der Waals surface area contributed by atoms with Crippen LogP contribution in [0.15, 0.2) is 54.6 Å². The Labute approximate surface area is 118 Å². The Morgan fingerprint density at radius 1 is 1.05 bits per heavy atom. The fourth-order valence-corrected chi connectivity index (χ4v) is 2.57. The highest BCUT2D eigenvalue weighted by atomic mass is 16.3. The first-order valence-corrected chi connectivity index (χ1v) is 6.90. The molecule has 3 heteroatoms. The first-order chi connectivity index (χ1) is 9.75. The number of rotatable bonds is 4. The number of nitrogens with zero attached hydrogens (tertiary/aromatic N) is 2. The fraction of sp³-hybridized carbons (Fsp3) is 0.235. The third-order valence-corrected chi connectivity index (χ3v) is 3.66. The van der Waals surface area contributed by atoms with Gasteiger partial charge in [-0.2, -0.15) is 0 Å². The lowest BCUT2D eigenvalue weighted by atomic mass is 10.1. The molecule has 1 heterocycles. The number of fused-ring (bicyclic) bond motifs is 1. The summed E-state index contributed by atoms with van der Waals surface area (Å²) in [5.41, 5.74) is 3.11. The summed E-state index contributed by atoms with van der Waals surface area (Å²) in [7, 11) is 0. The highest BCUT2D eigenvalue weighted by Gasteiger charge is 2.10. The SMILES string of the molecule is Cc1nc2ccccc2n1CC[C@H](O)c1ccccc1. The third kappa shape index (κ3) is 2.45. The van der Waals surface area contributed by atoms with E-state index >= 15 is 0 Å². The van der Waals surface area contributed by atoms with Crippen molar-refractivity contribution < 1.29 is 5.11 Å². The number of aryl methyl sites for hydroxylation is 2. The minimum Gasteiger partial charge on any atom is -0.388 e. The van der Waals surface area contributed by atoms with Crippen molar-refractivity contribution >= 4 is 11.0 Å². The van der Waals surface area contributed by atoms with E-state index in [1.807, 2.05) is 55.5 Å². The van der Waals surface area contributed by atoms with Crippen LogP contribution < -0.4 is 0 Å². The Hall–Kier alpha value is -2.13. The average molecular weight is 266 g/mol. The number of benzene rings is 2. The van der Waals surface area contributed by atoms with Crippen LogP contribution in [0.25, 0.3) is 11.0 Å². The van der Waals surface area contributed by atoms with Crippen molar-refractivity contribution in [1.82, 2.24) is 9.55 Å². The molecule has 2 aromatic carbocycles. The van der Waals surface area contributed by atoms with Gasteiger partial charge in [0.15, 0.2) is 0 Å². The quantitative estimate of drug-likeness (QED) is 0.785. The molecule has 1 aromatic heterocycles. The lowest BCUT2D eigenvalue weighted by molar-refractivity contribution is 0.161. The van der Waals surface area contributed by atoms with Crippen LogP contribution in [-0.4, -0.2) is 14.7 Å². The Balaban J connectivity index is 1.79. The van der Waals surface area contributed by atoms with E-state index in [0.717, 1.165) is 29.0 Å². The molecule has 0 amide bonds. The molecule has 0 aliphatic rings. The van der Waals surface area contributed by atoms with E-state index in [0.29, 0.717) is 6.42 Å². The van der Waals surface area contributed by atoms with Gasteiger partial charge in [0.1, 0.15) is 5.82 Å². The van der Waals surface area contributed by atoms with Gasteiger partial charge in [0.25, 0.3) is 0 Å². The first-order valence-electron chi connectivity index (χ1n) is 6.90. The maximum absolute atomic E-state index is 10.2. The van der Waals surface area contributed by atoms with E-state index in [9.17, 15) is 5.11 Å². The smallest absolute Gasteiger partial charge is 0.106 e. The molecule has 0 saturated carbocycles. The van der Waals surface area contributed by atoms with E-state index in [-0.39, 0.29) is 0 Å². The second-order valence-corrected chi connectivity index (χ2v) is 5.01. The number of aliphatic hydroxyl groups excluding tert-OH is 1. The highest BCUT2D eigenvalue weighted by molar-refractivity contribution is 5.75. The zero-order valence-corrected chi connectivity index (χ0v) is 11.5. The molecule has 0 aliphatic carbocycles. The topological polar surface area (TPSA) is 38.0 Å². The van der Waals surface area contributed by atoms with Crippen LogP contribution in [0.2, 0.25) is 0 Å². The highest BCUT2D eigenvalue weighted by Crippen LogP contribution is 2.20. The van der Waals surface area contributed by atoms with Gasteiger partial charge < -0.3 is 9.67 Å². The van der Waals surface area contributed by atoms with E-state index in [1.54, 1.807) is 0 Å². The number of hydrogen-bond donors (Lipinski definition) is 1. The summed E-state index contributed by atoms with van der Waals surface area (Å²) < 4.78 is 2.17. The summed E-state index contributed by atoms with van der Waals surface area (Å²) in [5, 5.41) is 10.2. The molecule has 1 atom stereocenters. The van der Waals surface area contributed by atoms with Crippen LogP contribution in [0.5, 0.6) is 0 Å². The van der Waals surface area contributed by atoms with Crippen molar-refractivity contribution in [2.45, 2.75) is 26.0 Å². The number of imidazole rings is 1. The van der Waals surface area contributed by atoms with Crippen molar-refractivity contribution in [3.8, 4) is 0 Å². The summed E-state index contributed by atoms with van der Waals surface area (Å²) in [6.07, 6.45) is 0.252. The number of aliphatic hydroxyl groups is 1. The van der Waals surface area contributed by atoms with Gasteiger partial charge in [0, 0.05) is 6.54 Å². The zero-order valence-electron chi connectivity index (χ0n) is 11.5. The molecule has 0 saturated heterocycles. The van der Waals surface area contributed by atoms with Crippen molar-refractivity contribution in [2.24, 2.45) is 0 Å². The van der Waals surface area contributed by atoms with Crippen molar-refractivity contribution in [3.63, 3.8) is 0 Å². The summed E-state index contributed by atoms with van der Waals surface area (Å²) in [6, 6.07) is 17.9. The third-order valence-electron chi connectivity index (χ3n) is 3.66. The summed E-state index contributed by atoms with van der Waals surface area (Å²) in [5.74, 6) is 0.992. The minimum absolute atomic E-state index is 0.434. The Kier molecular flexibility index (Phi) is 3.52. The zero-order chi connectivity index (χ0) is 13.9. The van der Waals surface area contributed by atoms with Crippen molar-refractivity contribution in [3.05, 3.63) is 66.0 Å². The molecule has 1 N–H and O–H groups in total. The van der Waals surface area contributed by atoms with Crippen LogP contribution in [0.3, 0.4) is 0 Å². The molecule has 0 radical (unpaired) electrons. The van der Waals surface area contributed by atoms with E-state index in [2.05, 4.69) is 15.6 Å². The van der Waals surface area contributed by atoms with E-state index in [1.165, 1.54) is 0 Å². The molecular weight excluding hydrogens is 248 g/mol. The van der Waals surface area contributed by atoms with Gasteiger partial charge >= 0.3 is 0 Å². The van der Waals surface area contributed by atoms with Crippen molar-refractivity contribution in [2.75, 3.05) is 0 Å². The maximum Gasteiger partial charge on any atom is 0.106 e. The Bertz CT molecular complexity index is 703. The van der Waals surface area contributed by atoms with Crippen molar-refractivity contribution in [1.29, 1.82) is 0 Å². The van der Waals surface area contributed by atoms with Crippen LogP contribution in [0.4, 0.5) is 0 Å². The fourth-order valence-electron chi connectivity index (χ4n) is 2.57. The number of hydrogen-bond acceptors (Lipinski definition) is 2. The second-order valence-electron chi connectivity index (χ2n) is 5.01. The largest absolute Gasteiger partial charge is 0.388 e. The maximum atomic E-state index is 10.2. The van der Waals surface area contributed by atoms with Crippen LogP contribution in [-0.2, 0) is 6.54 Å². The van der Waals surface area contributed by atoms with Gasteiger partial charge in [-0.1, -0.05) is 42.5 Å². The number of aromatic nitrogens is 2. The van der Waals surface area contributed by atoms with Crippen LogP contribution >= 0.6 is 0 Å².